The van der Waals surface area contributed by atoms with E-state index in [-0.39, 0.29) is 18.9 Å². The number of hydrogen-bond donors (Lipinski definition) is 1. The Bertz CT molecular complexity index is 432. The zero-order valence-corrected chi connectivity index (χ0v) is 15.6. The summed E-state index contributed by atoms with van der Waals surface area (Å²) in [6.45, 7) is 11.4. The molecule has 0 bridgehead atoms. The Balaban J connectivity index is 2.06. The van der Waals surface area contributed by atoms with Gasteiger partial charge in [0.1, 0.15) is 0 Å². The first-order valence-corrected chi connectivity index (χ1v) is 9.26. The van der Waals surface area contributed by atoms with E-state index in [1.807, 2.05) is 0 Å². The molecule has 0 aliphatic carbocycles. The maximum absolute atomic E-state index is 13.5. The summed E-state index contributed by atoms with van der Waals surface area (Å²) in [6.07, 6.45) is 1.41. The van der Waals surface area contributed by atoms with Crippen LogP contribution >= 0.6 is 0 Å². The number of alkyl halides is 2. The predicted octanol–water partition coefficient (Wildman–Crippen LogP) is 2.59. The van der Waals surface area contributed by atoms with E-state index < -0.39 is 11.3 Å². The van der Waals surface area contributed by atoms with Crippen LogP contribution in [0, 0.1) is 11.3 Å². The van der Waals surface area contributed by atoms with E-state index >= 15 is 0 Å². The van der Waals surface area contributed by atoms with E-state index in [0.717, 1.165) is 25.9 Å². The molecule has 2 aliphatic rings. The van der Waals surface area contributed by atoms with Gasteiger partial charge in [-0.1, -0.05) is 13.8 Å². The maximum Gasteiger partial charge on any atom is 0.261 e. The minimum atomic E-state index is -2.60. The molecule has 2 saturated heterocycles. The molecule has 1 amide bonds. The average Bonchev–Trinajstić information content (AvgIpc) is 2.83. The number of piperidine rings is 1. The number of hydrogen-bond acceptors (Lipinski definition) is 3. The van der Waals surface area contributed by atoms with Crippen molar-refractivity contribution in [2.75, 3.05) is 39.3 Å². The highest BCUT2D eigenvalue weighted by Gasteiger charge is 2.46. The van der Waals surface area contributed by atoms with Crippen LogP contribution in [0.3, 0.4) is 0 Å². The van der Waals surface area contributed by atoms with Gasteiger partial charge in [-0.25, -0.2) is 8.78 Å². The molecular weight excluding hydrogens is 312 g/mol. The highest BCUT2D eigenvalue weighted by atomic mass is 19.3. The summed E-state index contributed by atoms with van der Waals surface area (Å²) >= 11 is 0. The molecule has 2 rings (SSSR count). The van der Waals surface area contributed by atoms with Crippen LogP contribution in [0.15, 0.2) is 0 Å². The Morgan fingerprint density at radius 1 is 1.08 bits per heavy atom. The minimum Gasteiger partial charge on any atom is -0.355 e. The van der Waals surface area contributed by atoms with Crippen molar-refractivity contribution in [2.45, 2.75) is 58.9 Å². The van der Waals surface area contributed by atoms with Crippen molar-refractivity contribution in [1.29, 1.82) is 0 Å². The maximum atomic E-state index is 13.5. The Morgan fingerprint density at radius 2 is 1.71 bits per heavy atom. The summed E-state index contributed by atoms with van der Waals surface area (Å²) in [5.41, 5.74) is -0.527. The Hall–Kier alpha value is -0.750. The highest BCUT2D eigenvalue weighted by Crippen LogP contribution is 2.36. The minimum absolute atomic E-state index is 0.0508. The van der Waals surface area contributed by atoms with Crippen molar-refractivity contribution >= 4 is 5.91 Å². The summed E-state index contributed by atoms with van der Waals surface area (Å²) < 4.78 is 27.1. The third-order valence-electron chi connectivity index (χ3n) is 5.41. The van der Waals surface area contributed by atoms with E-state index in [9.17, 15) is 13.6 Å². The normalized spacial score (nSPS) is 24.7. The number of carbonyl (C=O) groups excluding carboxylic acids is 1. The predicted molar refractivity (Wildman–Crippen MR) is 92.2 cm³/mol. The van der Waals surface area contributed by atoms with Crippen LogP contribution < -0.4 is 5.32 Å². The molecular formula is C18H33F2N3O. The number of rotatable bonds is 6. The molecule has 2 fully saturated rings. The summed E-state index contributed by atoms with van der Waals surface area (Å²) in [5, 5.41) is 3.06. The zero-order valence-electron chi connectivity index (χ0n) is 15.6. The smallest absolute Gasteiger partial charge is 0.261 e. The van der Waals surface area contributed by atoms with Crippen LogP contribution in [-0.2, 0) is 4.79 Å². The van der Waals surface area contributed by atoms with Gasteiger partial charge in [-0.3, -0.25) is 9.69 Å². The molecule has 0 radical (unpaired) electrons. The first kappa shape index (κ1) is 19.6. The standard InChI is InChI=1S/C18H33F2N3O/c1-14(2)11-21-16(24)17(5-9-23(10-6-17)15(3)4)12-22-8-7-18(19,20)13-22/h14-15H,5-13H2,1-4H3,(H,21,24). The molecule has 0 saturated carbocycles. The molecule has 0 aromatic heterocycles. The van der Waals surface area contributed by atoms with Crippen molar-refractivity contribution in [3.05, 3.63) is 0 Å². The fraction of sp³-hybridized carbons (Fsp3) is 0.944. The van der Waals surface area contributed by atoms with Crippen LogP contribution in [0.2, 0.25) is 0 Å². The van der Waals surface area contributed by atoms with Gasteiger partial charge in [0.15, 0.2) is 0 Å². The van der Waals surface area contributed by atoms with Gasteiger partial charge in [-0.2, -0.15) is 0 Å². The van der Waals surface area contributed by atoms with E-state index in [1.165, 1.54) is 0 Å². The molecule has 2 aliphatic heterocycles. The Morgan fingerprint density at radius 3 is 2.17 bits per heavy atom. The van der Waals surface area contributed by atoms with E-state index in [2.05, 4.69) is 37.9 Å². The summed E-state index contributed by atoms with van der Waals surface area (Å²) in [6, 6.07) is 0.456. The van der Waals surface area contributed by atoms with Gasteiger partial charge >= 0.3 is 0 Å². The fourth-order valence-electron chi connectivity index (χ4n) is 3.78. The first-order valence-electron chi connectivity index (χ1n) is 9.26. The Labute approximate surface area is 144 Å². The van der Waals surface area contributed by atoms with Crippen LogP contribution in [0.1, 0.15) is 47.0 Å². The SMILES string of the molecule is CC(C)CNC(=O)C1(CN2CCC(F)(F)C2)CCN(C(C)C)CC1. The molecule has 0 spiro atoms. The van der Waals surface area contributed by atoms with Gasteiger partial charge in [0.05, 0.1) is 12.0 Å². The van der Waals surface area contributed by atoms with E-state index in [0.29, 0.717) is 31.6 Å². The van der Waals surface area contributed by atoms with Gasteiger partial charge in [-0.05, 0) is 45.7 Å². The second kappa shape index (κ2) is 7.65. The number of likely N-dealkylation sites (tertiary alicyclic amines) is 2. The van der Waals surface area contributed by atoms with Crippen LogP contribution in [-0.4, -0.2) is 66.9 Å². The number of nitrogens with one attached hydrogen (secondary N) is 1. The third-order valence-corrected chi connectivity index (χ3v) is 5.41. The quantitative estimate of drug-likeness (QED) is 0.804. The van der Waals surface area contributed by atoms with Gasteiger partial charge < -0.3 is 10.2 Å². The summed E-state index contributed by atoms with van der Waals surface area (Å²) in [5.74, 6) is -2.17. The lowest BCUT2D eigenvalue weighted by atomic mass is 9.76. The summed E-state index contributed by atoms with van der Waals surface area (Å²) in [4.78, 5) is 17.1. The number of carbonyl (C=O) groups is 1. The Kier molecular flexibility index (Phi) is 6.24. The topological polar surface area (TPSA) is 35.6 Å². The lowest BCUT2D eigenvalue weighted by molar-refractivity contribution is -0.136. The second-order valence-electron chi connectivity index (χ2n) is 8.33. The van der Waals surface area contributed by atoms with Crippen LogP contribution in [0.25, 0.3) is 0 Å². The largest absolute Gasteiger partial charge is 0.355 e. The molecule has 0 unspecified atom stereocenters. The van der Waals surface area contributed by atoms with Gasteiger partial charge in [-0.15, -0.1) is 0 Å². The monoisotopic (exact) mass is 345 g/mol. The summed E-state index contributed by atoms with van der Waals surface area (Å²) in [7, 11) is 0. The zero-order chi connectivity index (χ0) is 18.0. The molecule has 1 N–H and O–H groups in total. The van der Waals surface area contributed by atoms with Crippen LogP contribution in [0.4, 0.5) is 8.78 Å². The second-order valence-corrected chi connectivity index (χ2v) is 8.33. The molecule has 0 aromatic carbocycles. The van der Waals surface area contributed by atoms with Crippen molar-refractivity contribution < 1.29 is 13.6 Å². The van der Waals surface area contributed by atoms with Crippen molar-refractivity contribution in [3.63, 3.8) is 0 Å². The van der Waals surface area contributed by atoms with E-state index in [1.54, 1.807) is 4.90 Å². The molecule has 0 aromatic rings. The molecule has 2 heterocycles. The van der Waals surface area contributed by atoms with Crippen LogP contribution in [0.5, 0.6) is 0 Å². The van der Waals surface area contributed by atoms with Gasteiger partial charge in [0.25, 0.3) is 5.92 Å². The molecule has 140 valence electrons. The molecule has 6 heteroatoms. The molecule has 24 heavy (non-hydrogen) atoms. The number of halogens is 2. The number of amides is 1. The third kappa shape index (κ3) is 4.88. The lowest BCUT2D eigenvalue weighted by Crippen LogP contribution is -2.55. The highest BCUT2D eigenvalue weighted by molar-refractivity contribution is 5.83. The van der Waals surface area contributed by atoms with Crippen molar-refractivity contribution in [2.24, 2.45) is 11.3 Å². The molecule has 0 atom stereocenters. The number of nitrogens with zero attached hydrogens (tertiary/aromatic N) is 2. The fourth-order valence-corrected chi connectivity index (χ4v) is 3.78. The van der Waals surface area contributed by atoms with Crippen molar-refractivity contribution in [3.8, 4) is 0 Å². The molecule has 4 nitrogen and oxygen atoms in total. The van der Waals surface area contributed by atoms with Crippen molar-refractivity contribution in [1.82, 2.24) is 15.1 Å². The first-order chi connectivity index (χ1) is 11.1. The van der Waals surface area contributed by atoms with E-state index in [4.69, 9.17) is 0 Å². The average molecular weight is 345 g/mol. The van der Waals surface area contributed by atoms with Gasteiger partial charge in [0, 0.05) is 32.1 Å². The lowest BCUT2D eigenvalue weighted by Gasteiger charge is -2.44. The van der Waals surface area contributed by atoms with Gasteiger partial charge in [0.2, 0.25) is 5.91 Å².